The van der Waals surface area contributed by atoms with E-state index in [4.69, 9.17) is 4.74 Å². The van der Waals surface area contributed by atoms with E-state index < -0.39 is 0 Å². The molecule has 0 amide bonds. The summed E-state index contributed by atoms with van der Waals surface area (Å²) in [5.41, 5.74) is 0.716. The number of aromatic nitrogens is 2. The molecule has 1 aromatic heterocycles. The van der Waals surface area contributed by atoms with Gasteiger partial charge in [0.1, 0.15) is 11.5 Å². The summed E-state index contributed by atoms with van der Waals surface area (Å²) in [5, 5.41) is 0. The third-order valence-electron chi connectivity index (χ3n) is 3.94. The summed E-state index contributed by atoms with van der Waals surface area (Å²) in [4.78, 5) is 16.5. The van der Waals surface area contributed by atoms with Gasteiger partial charge in [-0.05, 0) is 42.8 Å². The lowest BCUT2D eigenvalue weighted by Gasteiger charge is -2.11. The Morgan fingerprint density at radius 2 is 1.79 bits per heavy atom. The predicted octanol–water partition coefficient (Wildman–Crippen LogP) is 4.58. The van der Waals surface area contributed by atoms with E-state index in [9.17, 15) is 4.79 Å². The van der Waals surface area contributed by atoms with Gasteiger partial charge in [0.2, 0.25) is 0 Å². The zero-order chi connectivity index (χ0) is 16.8. The van der Waals surface area contributed by atoms with Crippen molar-refractivity contribution in [2.75, 3.05) is 0 Å². The van der Waals surface area contributed by atoms with E-state index in [-0.39, 0.29) is 11.7 Å². The molecule has 2 aromatic carbocycles. The third kappa shape index (κ3) is 4.10. The minimum Gasteiger partial charge on any atom is -0.457 e. The molecule has 1 atom stereocenters. The maximum atomic E-state index is 12.5. The maximum absolute atomic E-state index is 12.5. The van der Waals surface area contributed by atoms with Crippen molar-refractivity contribution in [1.82, 2.24) is 9.55 Å². The van der Waals surface area contributed by atoms with Crippen LogP contribution in [0.15, 0.2) is 73.3 Å². The molecule has 0 saturated carbocycles. The fourth-order valence-corrected chi connectivity index (χ4v) is 2.49. The van der Waals surface area contributed by atoms with Crippen LogP contribution in [-0.4, -0.2) is 15.3 Å². The smallest absolute Gasteiger partial charge is 0.165 e. The highest BCUT2D eigenvalue weighted by atomic mass is 16.5. The largest absolute Gasteiger partial charge is 0.457 e. The number of nitrogens with zero attached hydrogens (tertiary/aromatic N) is 2. The molecule has 0 spiro atoms. The van der Waals surface area contributed by atoms with Gasteiger partial charge in [-0.2, -0.15) is 0 Å². The quantitative estimate of drug-likeness (QED) is 0.598. The van der Waals surface area contributed by atoms with Gasteiger partial charge in [0, 0.05) is 30.4 Å². The summed E-state index contributed by atoms with van der Waals surface area (Å²) < 4.78 is 7.74. The van der Waals surface area contributed by atoms with E-state index in [1.807, 2.05) is 72.3 Å². The molecule has 24 heavy (non-hydrogen) atoms. The number of carbonyl (C=O) groups is 1. The summed E-state index contributed by atoms with van der Waals surface area (Å²) in [6.07, 6.45) is 6.22. The molecule has 1 unspecified atom stereocenters. The van der Waals surface area contributed by atoms with Crippen molar-refractivity contribution >= 4 is 5.78 Å². The fourth-order valence-electron chi connectivity index (χ4n) is 2.49. The monoisotopic (exact) mass is 320 g/mol. The summed E-state index contributed by atoms with van der Waals surface area (Å²) >= 11 is 0. The average molecular weight is 320 g/mol. The van der Waals surface area contributed by atoms with Crippen molar-refractivity contribution in [2.24, 2.45) is 5.92 Å². The molecule has 3 aromatic rings. The van der Waals surface area contributed by atoms with Crippen LogP contribution in [0.5, 0.6) is 11.5 Å². The van der Waals surface area contributed by atoms with Crippen LogP contribution in [-0.2, 0) is 6.54 Å². The molecule has 0 fully saturated rings. The second kappa shape index (κ2) is 7.59. The highest BCUT2D eigenvalue weighted by Crippen LogP contribution is 2.22. The van der Waals surface area contributed by atoms with Crippen LogP contribution in [0, 0.1) is 5.92 Å². The molecule has 0 N–H and O–H groups in total. The van der Waals surface area contributed by atoms with E-state index >= 15 is 0 Å². The molecular weight excluding hydrogens is 300 g/mol. The first-order valence-corrected chi connectivity index (χ1v) is 8.05. The molecule has 122 valence electrons. The number of Topliss-reactive ketones (excluding diaryl/α,β-unsaturated/α-hetero) is 1. The third-order valence-corrected chi connectivity index (χ3v) is 3.94. The summed E-state index contributed by atoms with van der Waals surface area (Å²) in [6, 6.07) is 16.9. The van der Waals surface area contributed by atoms with Crippen molar-refractivity contribution < 1.29 is 9.53 Å². The number of carbonyl (C=O) groups excluding carboxylic acids is 1. The van der Waals surface area contributed by atoms with Gasteiger partial charge in [0.15, 0.2) is 5.78 Å². The first kappa shape index (κ1) is 16.0. The Bertz CT molecular complexity index is 765. The lowest BCUT2D eigenvalue weighted by molar-refractivity contribution is 0.0921. The van der Waals surface area contributed by atoms with Gasteiger partial charge in [-0.3, -0.25) is 4.79 Å². The molecular formula is C20H20N2O2. The lowest BCUT2D eigenvalue weighted by Crippen LogP contribution is -2.13. The molecule has 4 heteroatoms. The zero-order valence-electron chi connectivity index (χ0n) is 13.6. The molecule has 4 nitrogen and oxygen atoms in total. The minimum absolute atomic E-state index is 0.0340. The van der Waals surface area contributed by atoms with E-state index in [1.165, 1.54) is 0 Å². The summed E-state index contributed by atoms with van der Waals surface area (Å²) in [6.45, 7) is 2.76. The Kier molecular flexibility index (Phi) is 5.06. The second-order valence-corrected chi connectivity index (χ2v) is 5.79. The van der Waals surface area contributed by atoms with Crippen LogP contribution in [0.4, 0.5) is 0 Å². The van der Waals surface area contributed by atoms with E-state index in [2.05, 4.69) is 4.98 Å². The highest BCUT2D eigenvalue weighted by Gasteiger charge is 2.15. The topological polar surface area (TPSA) is 44.1 Å². The SMILES string of the molecule is CC(CCn1ccnc1)C(=O)c1ccc(Oc2ccccc2)cc1. The van der Waals surface area contributed by atoms with Crippen molar-refractivity contribution in [3.05, 3.63) is 78.9 Å². The molecule has 0 aliphatic carbocycles. The zero-order valence-corrected chi connectivity index (χ0v) is 13.6. The van der Waals surface area contributed by atoms with Crippen LogP contribution < -0.4 is 4.74 Å². The number of imidazole rings is 1. The highest BCUT2D eigenvalue weighted by molar-refractivity contribution is 5.97. The molecule has 0 saturated heterocycles. The molecule has 0 aliphatic heterocycles. The van der Waals surface area contributed by atoms with Gasteiger partial charge in [0.05, 0.1) is 6.33 Å². The molecule has 0 aliphatic rings. The number of hydrogen-bond donors (Lipinski definition) is 0. The van der Waals surface area contributed by atoms with E-state index in [0.29, 0.717) is 5.56 Å². The normalized spacial score (nSPS) is 11.9. The van der Waals surface area contributed by atoms with Gasteiger partial charge in [0.25, 0.3) is 0 Å². The number of ketones is 1. The number of aryl methyl sites for hydroxylation is 1. The Labute approximate surface area is 141 Å². The van der Waals surface area contributed by atoms with Crippen molar-refractivity contribution in [1.29, 1.82) is 0 Å². The Hall–Kier alpha value is -2.88. The van der Waals surface area contributed by atoms with Gasteiger partial charge >= 0.3 is 0 Å². The fraction of sp³-hybridized carbons (Fsp3) is 0.200. The first-order valence-electron chi connectivity index (χ1n) is 8.05. The summed E-state index contributed by atoms with van der Waals surface area (Å²) in [7, 11) is 0. The number of hydrogen-bond acceptors (Lipinski definition) is 3. The van der Waals surface area contributed by atoms with Crippen LogP contribution in [0.3, 0.4) is 0 Å². The Balaban J connectivity index is 1.58. The van der Waals surface area contributed by atoms with E-state index in [1.54, 1.807) is 12.5 Å². The maximum Gasteiger partial charge on any atom is 0.165 e. The predicted molar refractivity (Wildman–Crippen MR) is 93.3 cm³/mol. The minimum atomic E-state index is -0.0340. The Morgan fingerprint density at radius 1 is 1.08 bits per heavy atom. The van der Waals surface area contributed by atoms with Gasteiger partial charge in [-0.15, -0.1) is 0 Å². The van der Waals surface area contributed by atoms with Crippen LogP contribution in [0.2, 0.25) is 0 Å². The molecule has 0 bridgehead atoms. The van der Waals surface area contributed by atoms with Gasteiger partial charge in [-0.25, -0.2) is 4.98 Å². The number of benzene rings is 2. The molecule has 3 rings (SSSR count). The van der Waals surface area contributed by atoms with Crippen molar-refractivity contribution in [3.63, 3.8) is 0 Å². The van der Waals surface area contributed by atoms with Gasteiger partial charge < -0.3 is 9.30 Å². The summed E-state index contributed by atoms with van der Waals surface area (Å²) in [5.74, 6) is 1.63. The number of ether oxygens (including phenoxy) is 1. The van der Waals surface area contributed by atoms with Gasteiger partial charge in [-0.1, -0.05) is 25.1 Å². The van der Waals surface area contributed by atoms with Crippen LogP contribution in [0.1, 0.15) is 23.7 Å². The molecule has 0 radical (unpaired) electrons. The number of rotatable bonds is 7. The average Bonchev–Trinajstić information content (AvgIpc) is 3.14. The lowest BCUT2D eigenvalue weighted by atomic mass is 9.96. The van der Waals surface area contributed by atoms with Crippen molar-refractivity contribution in [2.45, 2.75) is 19.9 Å². The Morgan fingerprint density at radius 3 is 2.46 bits per heavy atom. The number of para-hydroxylation sites is 1. The molecule has 1 heterocycles. The van der Waals surface area contributed by atoms with Crippen molar-refractivity contribution in [3.8, 4) is 11.5 Å². The first-order chi connectivity index (χ1) is 11.7. The van der Waals surface area contributed by atoms with Crippen LogP contribution in [0.25, 0.3) is 0 Å². The van der Waals surface area contributed by atoms with E-state index in [0.717, 1.165) is 24.5 Å². The van der Waals surface area contributed by atoms with Crippen LogP contribution >= 0.6 is 0 Å². The standard InChI is InChI=1S/C20H20N2O2/c1-16(11-13-22-14-12-21-15-22)20(23)17-7-9-19(10-8-17)24-18-5-3-2-4-6-18/h2-10,12,14-16H,11,13H2,1H3. The second-order valence-electron chi connectivity index (χ2n) is 5.79.